The largest absolute Gasteiger partial charge is 0.343 e. The van der Waals surface area contributed by atoms with Crippen LogP contribution in [0.15, 0.2) is 30.4 Å². The van der Waals surface area contributed by atoms with E-state index < -0.39 is 74.0 Å². The van der Waals surface area contributed by atoms with E-state index in [1.807, 2.05) is 0 Å². The van der Waals surface area contributed by atoms with E-state index in [9.17, 15) is 51.9 Å². The van der Waals surface area contributed by atoms with Crippen LogP contribution in [0.4, 0.5) is 11.4 Å². The van der Waals surface area contributed by atoms with Crippen LogP contribution in [0, 0.1) is 10.1 Å². The molecule has 1 saturated heterocycles. The first-order chi connectivity index (χ1) is 20.7. The summed E-state index contributed by atoms with van der Waals surface area (Å²) in [6, 6.07) is 0.374. The molecule has 19 heteroatoms. The van der Waals surface area contributed by atoms with Crippen LogP contribution < -0.4 is 21.9 Å². The lowest BCUT2D eigenvalue weighted by molar-refractivity contribution is -0.385. The Morgan fingerprint density at radius 2 is 1.80 bits per heavy atom. The zero-order valence-corrected chi connectivity index (χ0v) is 24.1. The zero-order valence-electron chi connectivity index (χ0n) is 23.3. The molecular weight excluding hydrogens is 606 g/mol. The summed E-state index contributed by atoms with van der Waals surface area (Å²) in [6.45, 7) is 0.183. The number of nitro groups is 1. The molecule has 2 atom stereocenters. The fraction of sp³-hybridized carbons (Fsp3) is 0.440. The number of hydrogen-bond acceptors (Lipinski definition) is 11. The number of imide groups is 1. The smallest absolute Gasteiger partial charge is 0.284 e. The van der Waals surface area contributed by atoms with Gasteiger partial charge in [-0.2, -0.15) is 8.42 Å². The molecule has 2 heterocycles. The van der Waals surface area contributed by atoms with Crippen molar-refractivity contribution in [3.8, 4) is 0 Å². The zero-order chi connectivity index (χ0) is 32.6. The number of unbranched alkanes of at least 4 members (excludes halogenated alkanes) is 2. The maximum atomic E-state index is 13.3. The van der Waals surface area contributed by atoms with E-state index in [4.69, 9.17) is 5.84 Å². The Kier molecular flexibility index (Phi) is 11.2. The van der Waals surface area contributed by atoms with Gasteiger partial charge in [0.25, 0.3) is 33.5 Å². The number of carbonyl (C=O) groups is 6. The van der Waals surface area contributed by atoms with Crippen LogP contribution in [-0.2, 0) is 34.1 Å². The molecule has 1 fully saturated rings. The minimum absolute atomic E-state index is 0.0212. The molecular formula is C25H31N7O11S. The monoisotopic (exact) mass is 637 g/mol. The predicted molar refractivity (Wildman–Crippen MR) is 151 cm³/mol. The second-order valence-electron chi connectivity index (χ2n) is 9.98. The first kappa shape index (κ1) is 33.7. The molecule has 3 rings (SSSR count). The number of benzene rings is 1. The highest BCUT2D eigenvalue weighted by Gasteiger charge is 2.39. The van der Waals surface area contributed by atoms with Crippen LogP contribution in [0.25, 0.3) is 0 Å². The van der Waals surface area contributed by atoms with Crippen molar-refractivity contribution in [2.75, 3.05) is 24.2 Å². The Labute approximate surface area is 250 Å². The number of rotatable bonds is 14. The average Bonchev–Trinajstić information content (AvgIpc) is 3.57. The number of carbonyl (C=O) groups excluding carboxylic acids is 6. The highest BCUT2D eigenvalue weighted by Crippen LogP contribution is 2.25. The molecule has 44 heavy (non-hydrogen) atoms. The lowest BCUT2D eigenvalue weighted by atomic mass is 10.1. The molecule has 1 aromatic carbocycles. The summed E-state index contributed by atoms with van der Waals surface area (Å²) in [5.74, 6) is -0.282. The third-order valence-electron chi connectivity index (χ3n) is 6.87. The Hall–Kier alpha value is -4.75. The number of nitrogens with one attached hydrogen (secondary N) is 3. The van der Waals surface area contributed by atoms with Crippen molar-refractivity contribution in [1.82, 2.24) is 20.5 Å². The van der Waals surface area contributed by atoms with Gasteiger partial charge in [0.15, 0.2) is 0 Å². The van der Waals surface area contributed by atoms with Crippen molar-refractivity contribution < 1.29 is 46.7 Å². The first-order valence-corrected chi connectivity index (χ1v) is 15.0. The van der Waals surface area contributed by atoms with Crippen LogP contribution in [-0.4, -0.2) is 94.1 Å². The number of nitrogens with two attached hydrogens (primary N) is 1. The van der Waals surface area contributed by atoms with E-state index in [0.29, 0.717) is 19.3 Å². The maximum Gasteiger partial charge on any atom is 0.284 e. The second kappa shape index (κ2) is 14.6. The van der Waals surface area contributed by atoms with Gasteiger partial charge < -0.3 is 15.5 Å². The van der Waals surface area contributed by atoms with E-state index in [1.54, 1.807) is 5.43 Å². The minimum Gasteiger partial charge on any atom is -0.343 e. The van der Waals surface area contributed by atoms with Crippen molar-refractivity contribution in [3.63, 3.8) is 0 Å². The van der Waals surface area contributed by atoms with Gasteiger partial charge >= 0.3 is 0 Å². The SMILES string of the molecule is NNC(=O)c1ccc(NC(=O)[C@@H]2CCCN2C(=O)[C@H](CS(=O)(=O)O)NC(=O)CCCCCN2C(=O)C=CC2=O)cc1[N+](=O)[O-]. The van der Waals surface area contributed by atoms with Gasteiger partial charge in [-0.3, -0.25) is 53.8 Å². The normalized spacial score (nSPS) is 17.0. The number of hydrogen-bond donors (Lipinski definition) is 5. The van der Waals surface area contributed by atoms with Crippen LogP contribution in [0.1, 0.15) is 48.9 Å². The molecule has 2 aliphatic rings. The lowest BCUT2D eigenvalue weighted by Gasteiger charge is -2.28. The number of hydrazine groups is 1. The molecule has 6 N–H and O–H groups in total. The quantitative estimate of drug-likeness (QED) is 0.0312. The van der Waals surface area contributed by atoms with Crippen LogP contribution in [0.3, 0.4) is 0 Å². The highest BCUT2D eigenvalue weighted by molar-refractivity contribution is 7.85. The number of anilines is 1. The fourth-order valence-corrected chi connectivity index (χ4v) is 5.44. The summed E-state index contributed by atoms with van der Waals surface area (Å²) in [5.41, 5.74) is 0.717. The Morgan fingerprint density at radius 1 is 1.11 bits per heavy atom. The molecule has 0 bridgehead atoms. The van der Waals surface area contributed by atoms with E-state index in [2.05, 4.69) is 10.6 Å². The summed E-state index contributed by atoms with van der Waals surface area (Å²) < 4.78 is 32.7. The van der Waals surface area contributed by atoms with Gasteiger partial charge in [-0.05, 0) is 37.8 Å². The Morgan fingerprint density at radius 3 is 2.41 bits per heavy atom. The molecule has 1 aromatic rings. The van der Waals surface area contributed by atoms with Crippen LogP contribution >= 0.6 is 0 Å². The standard InChI is InChI=1S/C25H31N7O11S/c26-29-23(36)16-8-7-15(13-19(16)32(39)40)27-24(37)18-5-4-12-30(18)25(38)17(14-44(41,42)43)28-20(33)6-2-1-3-11-31-21(34)9-10-22(31)35/h7-10,13,17-18H,1-6,11-12,14,26H2,(H,27,37)(H,28,33)(H,29,36)(H,41,42,43)/t17-,18-/m0/s1. The summed E-state index contributed by atoms with van der Waals surface area (Å²) in [5, 5.41) is 16.1. The summed E-state index contributed by atoms with van der Waals surface area (Å²) in [7, 11) is -4.75. The average molecular weight is 638 g/mol. The van der Waals surface area contributed by atoms with Gasteiger partial charge in [0, 0.05) is 43.4 Å². The summed E-state index contributed by atoms with van der Waals surface area (Å²) >= 11 is 0. The number of nitro benzene ring substituents is 1. The predicted octanol–water partition coefficient (Wildman–Crippen LogP) is -1.01. The van der Waals surface area contributed by atoms with Gasteiger partial charge in [0.05, 0.1) is 4.92 Å². The molecule has 238 valence electrons. The Bertz CT molecular complexity index is 1480. The number of likely N-dealkylation sites (tertiary alicyclic amines) is 1. The van der Waals surface area contributed by atoms with Gasteiger partial charge in [-0.1, -0.05) is 6.42 Å². The Balaban J connectivity index is 1.62. The van der Waals surface area contributed by atoms with Crippen molar-refractivity contribution in [2.24, 2.45) is 5.84 Å². The van der Waals surface area contributed by atoms with Crippen molar-refractivity contribution in [2.45, 2.75) is 50.6 Å². The number of nitrogens with zero attached hydrogens (tertiary/aromatic N) is 3. The number of nitrogen functional groups attached to an aromatic ring is 1. The topological polar surface area (TPSA) is 269 Å². The van der Waals surface area contributed by atoms with Crippen LogP contribution in [0.5, 0.6) is 0 Å². The fourth-order valence-electron chi connectivity index (χ4n) is 4.79. The molecule has 0 unspecified atom stereocenters. The first-order valence-electron chi connectivity index (χ1n) is 13.4. The molecule has 0 spiro atoms. The third-order valence-corrected chi connectivity index (χ3v) is 7.63. The highest BCUT2D eigenvalue weighted by atomic mass is 32.2. The number of amides is 6. The maximum absolute atomic E-state index is 13.3. The van der Waals surface area contributed by atoms with Gasteiger partial charge in [-0.15, -0.1) is 0 Å². The van der Waals surface area contributed by atoms with Crippen LogP contribution in [0.2, 0.25) is 0 Å². The molecule has 0 aliphatic carbocycles. The molecule has 0 radical (unpaired) electrons. The van der Waals surface area contributed by atoms with E-state index in [1.165, 1.54) is 6.07 Å². The molecule has 0 saturated carbocycles. The van der Waals surface area contributed by atoms with E-state index in [-0.39, 0.29) is 43.6 Å². The van der Waals surface area contributed by atoms with Crippen molar-refractivity contribution >= 4 is 56.9 Å². The minimum atomic E-state index is -4.75. The second-order valence-corrected chi connectivity index (χ2v) is 11.5. The third kappa shape index (κ3) is 8.88. The summed E-state index contributed by atoms with van der Waals surface area (Å²) in [6.07, 6.45) is 3.81. The van der Waals surface area contributed by atoms with E-state index in [0.717, 1.165) is 34.1 Å². The van der Waals surface area contributed by atoms with Gasteiger partial charge in [0.2, 0.25) is 17.7 Å². The molecule has 2 aliphatic heterocycles. The molecule has 0 aromatic heterocycles. The molecule has 6 amide bonds. The lowest BCUT2D eigenvalue weighted by Crippen LogP contribution is -2.54. The van der Waals surface area contributed by atoms with Crippen molar-refractivity contribution in [1.29, 1.82) is 0 Å². The molecule has 18 nitrogen and oxygen atoms in total. The van der Waals surface area contributed by atoms with E-state index >= 15 is 0 Å². The van der Waals surface area contributed by atoms with Crippen molar-refractivity contribution in [3.05, 3.63) is 46.0 Å². The summed E-state index contributed by atoms with van der Waals surface area (Å²) in [4.78, 5) is 86.6. The van der Waals surface area contributed by atoms with Gasteiger partial charge in [0.1, 0.15) is 23.4 Å². The van der Waals surface area contributed by atoms with Gasteiger partial charge in [-0.25, -0.2) is 5.84 Å².